The summed E-state index contributed by atoms with van der Waals surface area (Å²) in [6, 6.07) is 29.9. The third kappa shape index (κ3) is 6.74. The average molecular weight is 657 g/mol. The number of nitrogens with zero attached hydrogens (tertiary/aromatic N) is 5. The number of hydrogen-bond acceptors (Lipinski definition) is 7. The second-order valence-electron chi connectivity index (χ2n) is 11.0. The van der Waals surface area contributed by atoms with Crippen molar-refractivity contribution in [3.63, 3.8) is 0 Å². The largest absolute Gasteiger partial charge is 0.454 e. The van der Waals surface area contributed by atoms with Gasteiger partial charge in [-0.05, 0) is 42.7 Å². The number of ether oxygens (including phenoxy) is 1. The zero-order chi connectivity index (χ0) is 33.0. The van der Waals surface area contributed by atoms with E-state index in [4.69, 9.17) is 21.3 Å². The Bertz CT molecular complexity index is 2150. The number of rotatable bonds is 9. The third-order valence-electron chi connectivity index (χ3n) is 7.58. The zero-order valence-electron chi connectivity index (χ0n) is 25.3. The zero-order valence-corrected chi connectivity index (χ0v) is 26.0. The fraction of sp³-hybridized carbons (Fsp3) is 0.0811. The molecule has 0 radical (unpaired) electrons. The molecule has 48 heavy (non-hydrogen) atoms. The van der Waals surface area contributed by atoms with Crippen molar-refractivity contribution in [2.75, 3.05) is 5.32 Å². The van der Waals surface area contributed by atoms with E-state index in [1.165, 1.54) is 36.5 Å². The van der Waals surface area contributed by atoms with Crippen molar-refractivity contribution in [2.24, 2.45) is 4.99 Å². The van der Waals surface area contributed by atoms with Gasteiger partial charge in [-0.2, -0.15) is 5.10 Å². The Labute approximate surface area is 279 Å². The van der Waals surface area contributed by atoms with Gasteiger partial charge in [-0.15, -0.1) is 0 Å². The van der Waals surface area contributed by atoms with E-state index in [9.17, 15) is 14.0 Å². The highest BCUT2D eigenvalue weighted by atomic mass is 35.5. The van der Waals surface area contributed by atoms with Crippen LogP contribution in [-0.4, -0.2) is 31.4 Å². The third-order valence-corrected chi connectivity index (χ3v) is 7.94. The quantitative estimate of drug-likeness (QED) is 0.158. The second kappa shape index (κ2) is 13.4. The molecule has 0 atom stereocenters. The lowest BCUT2D eigenvalue weighted by Crippen LogP contribution is -2.27. The lowest BCUT2D eigenvalue weighted by molar-refractivity contribution is 0.101. The topological polar surface area (TPSA) is 111 Å². The number of pyridine rings is 2. The second-order valence-corrected chi connectivity index (χ2v) is 11.4. The molecule has 7 rings (SSSR count). The van der Waals surface area contributed by atoms with Crippen LogP contribution in [0.5, 0.6) is 11.5 Å². The lowest BCUT2D eigenvalue weighted by Gasteiger charge is -2.12. The van der Waals surface area contributed by atoms with Gasteiger partial charge in [0.1, 0.15) is 22.4 Å². The first-order valence-corrected chi connectivity index (χ1v) is 15.5. The Hall–Kier alpha value is -6.00. The van der Waals surface area contributed by atoms with Crippen LogP contribution in [-0.2, 0) is 0 Å². The van der Waals surface area contributed by atoms with E-state index in [-0.39, 0.29) is 34.0 Å². The molecule has 9 nitrogen and oxygen atoms in total. The van der Waals surface area contributed by atoms with Gasteiger partial charge in [-0.25, -0.2) is 19.4 Å². The highest BCUT2D eigenvalue weighted by Gasteiger charge is 2.27. The predicted octanol–water partition coefficient (Wildman–Crippen LogP) is 8.04. The number of aliphatic imine (C=N–C) groups is 1. The summed E-state index contributed by atoms with van der Waals surface area (Å²) in [5, 5.41) is 7.17. The fourth-order valence-electron chi connectivity index (χ4n) is 5.00. The minimum atomic E-state index is -0.716. The maximum atomic E-state index is 13.5. The number of hydrogen-bond donors (Lipinski definition) is 1. The molecule has 0 bridgehead atoms. The molecule has 1 fully saturated rings. The molecule has 1 aliphatic rings. The monoisotopic (exact) mass is 656 g/mol. The van der Waals surface area contributed by atoms with Gasteiger partial charge in [-0.3, -0.25) is 14.3 Å². The van der Waals surface area contributed by atoms with Crippen molar-refractivity contribution in [3.05, 3.63) is 160 Å². The summed E-state index contributed by atoms with van der Waals surface area (Å²) in [4.78, 5) is 40.1. The molecule has 1 aliphatic carbocycles. The standard InChI is InChI=1S/C37H26ClFN6O3/c38-32-30(19-20-40-36(32)43-33(24-7-3-1-4-8-24)25-9-5-2-6-10-25)48-28-17-18-31(41-21-28)42-37(47)34-35(46)29(22-45(44-34)27-15-16-27)23-11-13-26(39)14-12-23/h1-14,17-22,27H,15-16H2,(H,41,42,47). The lowest BCUT2D eigenvalue weighted by atomic mass is 10.0. The van der Waals surface area contributed by atoms with Gasteiger partial charge in [0.05, 0.1) is 18.0 Å². The Balaban J connectivity index is 1.11. The van der Waals surface area contributed by atoms with Crippen molar-refractivity contribution in [1.29, 1.82) is 0 Å². The molecule has 0 unspecified atom stereocenters. The van der Waals surface area contributed by atoms with Gasteiger partial charge in [0.15, 0.2) is 17.3 Å². The molecular weight excluding hydrogens is 631 g/mol. The van der Waals surface area contributed by atoms with Crippen LogP contribution in [0.25, 0.3) is 11.1 Å². The summed E-state index contributed by atoms with van der Waals surface area (Å²) < 4.78 is 21.2. The van der Waals surface area contributed by atoms with Crippen LogP contribution in [0.1, 0.15) is 40.5 Å². The molecule has 6 aromatic rings. The number of carbonyl (C=O) groups is 1. The Morgan fingerprint density at radius 2 is 1.58 bits per heavy atom. The summed E-state index contributed by atoms with van der Waals surface area (Å²) >= 11 is 6.74. The highest BCUT2D eigenvalue weighted by molar-refractivity contribution is 6.34. The van der Waals surface area contributed by atoms with Gasteiger partial charge in [0.2, 0.25) is 5.43 Å². The molecule has 3 heterocycles. The highest BCUT2D eigenvalue weighted by Crippen LogP contribution is 2.36. The molecule has 1 amide bonds. The number of anilines is 1. The van der Waals surface area contributed by atoms with Gasteiger partial charge < -0.3 is 10.1 Å². The van der Waals surface area contributed by atoms with Crippen LogP contribution in [0.2, 0.25) is 5.02 Å². The maximum Gasteiger partial charge on any atom is 0.281 e. The first-order chi connectivity index (χ1) is 23.4. The molecule has 236 valence electrons. The van der Waals surface area contributed by atoms with Crippen LogP contribution >= 0.6 is 11.6 Å². The molecule has 0 spiro atoms. The van der Waals surface area contributed by atoms with E-state index in [0.29, 0.717) is 22.8 Å². The Morgan fingerprint density at radius 1 is 0.896 bits per heavy atom. The van der Waals surface area contributed by atoms with E-state index in [1.54, 1.807) is 29.2 Å². The van der Waals surface area contributed by atoms with Crippen LogP contribution in [0.3, 0.4) is 0 Å². The molecule has 0 aliphatic heterocycles. The van der Waals surface area contributed by atoms with Crippen molar-refractivity contribution < 1.29 is 13.9 Å². The van der Waals surface area contributed by atoms with E-state index in [0.717, 1.165) is 24.0 Å². The van der Waals surface area contributed by atoms with Crippen molar-refractivity contribution in [2.45, 2.75) is 18.9 Å². The Morgan fingerprint density at radius 3 is 2.21 bits per heavy atom. The minimum Gasteiger partial charge on any atom is -0.454 e. The minimum absolute atomic E-state index is 0.0976. The number of halogens is 2. The van der Waals surface area contributed by atoms with Crippen molar-refractivity contribution in [3.8, 4) is 22.6 Å². The van der Waals surface area contributed by atoms with Crippen molar-refractivity contribution in [1.82, 2.24) is 19.7 Å². The van der Waals surface area contributed by atoms with Gasteiger partial charge in [-0.1, -0.05) is 84.4 Å². The van der Waals surface area contributed by atoms with Gasteiger partial charge >= 0.3 is 0 Å². The summed E-state index contributed by atoms with van der Waals surface area (Å²) in [5.74, 6) is -0.0260. The first kappa shape index (κ1) is 30.6. The predicted molar refractivity (Wildman–Crippen MR) is 182 cm³/mol. The van der Waals surface area contributed by atoms with Crippen LogP contribution in [0.15, 0.2) is 132 Å². The van der Waals surface area contributed by atoms with E-state index in [2.05, 4.69) is 20.4 Å². The van der Waals surface area contributed by atoms with Gasteiger partial charge in [0.25, 0.3) is 5.91 Å². The maximum absolute atomic E-state index is 13.5. The molecular formula is C37H26ClFN6O3. The SMILES string of the molecule is O=C(Nc1ccc(Oc2ccnc(N=C(c3ccccc3)c3ccccc3)c2Cl)cn1)c1nn(C2CC2)cc(-c2ccc(F)cc2)c1=O. The first-order valence-electron chi connectivity index (χ1n) is 15.1. The smallest absolute Gasteiger partial charge is 0.281 e. The fourth-order valence-corrected chi connectivity index (χ4v) is 5.19. The van der Waals surface area contributed by atoms with E-state index >= 15 is 0 Å². The normalized spacial score (nSPS) is 12.3. The van der Waals surface area contributed by atoms with E-state index in [1.807, 2.05) is 60.7 Å². The molecule has 11 heteroatoms. The summed E-state index contributed by atoms with van der Waals surface area (Å²) in [7, 11) is 0. The molecule has 1 N–H and O–H groups in total. The Kier molecular flexibility index (Phi) is 8.55. The summed E-state index contributed by atoms with van der Waals surface area (Å²) in [5.41, 5.74) is 2.41. The molecule has 0 saturated heterocycles. The van der Waals surface area contributed by atoms with Crippen LogP contribution in [0.4, 0.5) is 16.0 Å². The average Bonchev–Trinajstić information content (AvgIpc) is 3.97. The van der Waals surface area contributed by atoms with Crippen molar-refractivity contribution >= 4 is 34.9 Å². The molecule has 3 aromatic heterocycles. The number of amides is 1. The van der Waals surface area contributed by atoms with Crippen LogP contribution in [0, 0.1) is 5.82 Å². The number of aromatic nitrogens is 4. The molecule has 1 saturated carbocycles. The summed E-state index contributed by atoms with van der Waals surface area (Å²) in [6.07, 6.45) is 6.36. The molecule has 3 aromatic carbocycles. The van der Waals surface area contributed by atoms with E-state index < -0.39 is 17.2 Å². The number of benzene rings is 3. The summed E-state index contributed by atoms with van der Waals surface area (Å²) in [6.45, 7) is 0. The van der Waals surface area contributed by atoms with Gasteiger partial charge in [0, 0.05) is 35.2 Å². The number of nitrogens with one attached hydrogen (secondary N) is 1. The number of carbonyl (C=O) groups excluding carboxylic acids is 1. The van der Waals surface area contributed by atoms with Crippen LogP contribution < -0.4 is 15.5 Å².